The summed E-state index contributed by atoms with van der Waals surface area (Å²) in [6, 6.07) is 29.2. The van der Waals surface area contributed by atoms with Gasteiger partial charge in [-0.3, -0.25) is 9.59 Å². The summed E-state index contributed by atoms with van der Waals surface area (Å²) in [5.74, 6) is -0.906. The van der Waals surface area contributed by atoms with Gasteiger partial charge in [0.25, 0.3) is 0 Å². The lowest BCUT2D eigenvalue weighted by atomic mass is 9.84. The largest absolute Gasteiger partial charge is 0.459 e. The van der Waals surface area contributed by atoms with Crippen LogP contribution in [0.5, 0.6) is 0 Å². The van der Waals surface area contributed by atoms with E-state index in [1.165, 1.54) is 11.8 Å². The second-order valence-corrected chi connectivity index (χ2v) is 12.8. The molecule has 0 aliphatic carbocycles. The molecule has 3 rings (SSSR count). The summed E-state index contributed by atoms with van der Waals surface area (Å²) >= 11 is 1.52. The summed E-state index contributed by atoms with van der Waals surface area (Å²) in [6.07, 6.45) is -0.722. The van der Waals surface area contributed by atoms with Gasteiger partial charge in [0.05, 0.1) is 4.75 Å². The van der Waals surface area contributed by atoms with Crippen LogP contribution in [-0.2, 0) is 23.8 Å². The number of amides is 2. The molecular formula is C33H40N2O5S. The van der Waals surface area contributed by atoms with Crippen LogP contribution in [0.15, 0.2) is 91.0 Å². The Morgan fingerprint density at radius 3 is 1.49 bits per heavy atom. The van der Waals surface area contributed by atoms with Crippen LogP contribution in [0.2, 0.25) is 0 Å². The van der Waals surface area contributed by atoms with Gasteiger partial charge in [-0.1, -0.05) is 91.0 Å². The number of rotatable bonds is 10. The Hall–Kier alpha value is -3.78. The van der Waals surface area contributed by atoms with Crippen molar-refractivity contribution < 1.29 is 23.9 Å². The Bertz CT molecular complexity index is 1190. The van der Waals surface area contributed by atoms with E-state index in [0.29, 0.717) is 0 Å². The Labute approximate surface area is 247 Å². The predicted molar refractivity (Wildman–Crippen MR) is 164 cm³/mol. The lowest BCUT2D eigenvalue weighted by Crippen LogP contribution is -2.51. The maximum Gasteiger partial charge on any atom is 0.408 e. The van der Waals surface area contributed by atoms with Crippen molar-refractivity contribution >= 4 is 29.7 Å². The Morgan fingerprint density at radius 2 is 1.10 bits per heavy atom. The monoisotopic (exact) mass is 576 g/mol. The fourth-order valence-corrected chi connectivity index (χ4v) is 5.83. The minimum atomic E-state index is -1.01. The number of carbonyl (C=O) groups is 3. The lowest BCUT2D eigenvalue weighted by Gasteiger charge is -2.36. The topological polar surface area (TPSA) is 93.7 Å². The van der Waals surface area contributed by atoms with E-state index in [1.807, 2.05) is 54.6 Å². The summed E-state index contributed by atoms with van der Waals surface area (Å²) < 4.78 is 10.1. The van der Waals surface area contributed by atoms with Crippen molar-refractivity contribution in [2.45, 2.75) is 63.5 Å². The number of ether oxygens (including phenoxy) is 2. The second kappa shape index (κ2) is 13.7. The van der Waals surface area contributed by atoms with Crippen LogP contribution in [0.3, 0.4) is 0 Å². The van der Waals surface area contributed by atoms with Crippen molar-refractivity contribution in [3.63, 3.8) is 0 Å². The quantitative estimate of drug-likeness (QED) is 0.225. The van der Waals surface area contributed by atoms with E-state index in [2.05, 4.69) is 47.0 Å². The molecule has 0 spiro atoms. The van der Waals surface area contributed by atoms with E-state index < -0.39 is 40.0 Å². The number of alkyl carbamates (subject to hydrolysis) is 1. The molecule has 3 aromatic carbocycles. The molecule has 0 radical (unpaired) electrons. The van der Waals surface area contributed by atoms with E-state index in [-0.39, 0.29) is 12.3 Å². The molecule has 2 amide bonds. The van der Waals surface area contributed by atoms with E-state index in [0.717, 1.165) is 16.7 Å². The normalized spacial score (nSPS) is 12.6. The van der Waals surface area contributed by atoms with E-state index in [1.54, 1.807) is 41.5 Å². The summed E-state index contributed by atoms with van der Waals surface area (Å²) in [6.45, 7) is 10.2. The molecule has 3 aromatic rings. The molecule has 218 valence electrons. The second-order valence-electron chi connectivity index (χ2n) is 11.6. The molecule has 7 nitrogen and oxygen atoms in total. The summed E-state index contributed by atoms with van der Waals surface area (Å²) in [5.41, 5.74) is 1.62. The number of hydrogen-bond donors (Lipinski definition) is 2. The first-order chi connectivity index (χ1) is 19.3. The summed E-state index contributed by atoms with van der Waals surface area (Å²) in [4.78, 5) is 38.6. The van der Waals surface area contributed by atoms with Crippen molar-refractivity contribution in [3.8, 4) is 0 Å². The molecule has 0 aliphatic heterocycles. The molecule has 0 saturated heterocycles. The van der Waals surface area contributed by atoms with Gasteiger partial charge in [0, 0.05) is 5.75 Å². The zero-order valence-corrected chi connectivity index (χ0v) is 25.4. The Balaban J connectivity index is 1.98. The first-order valence-electron chi connectivity index (χ1n) is 13.6. The zero-order chi connectivity index (χ0) is 30.1. The third kappa shape index (κ3) is 9.39. The maximum atomic E-state index is 13.4. The molecule has 41 heavy (non-hydrogen) atoms. The fourth-order valence-electron chi connectivity index (χ4n) is 4.27. The van der Waals surface area contributed by atoms with Gasteiger partial charge in [-0.05, 0) is 58.2 Å². The molecule has 0 unspecified atom stereocenters. The Morgan fingerprint density at radius 1 is 0.683 bits per heavy atom. The van der Waals surface area contributed by atoms with Gasteiger partial charge in [0.15, 0.2) is 0 Å². The molecule has 0 heterocycles. The molecule has 0 saturated carbocycles. The first-order valence-corrected chi connectivity index (χ1v) is 14.6. The molecule has 0 aromatic heterocycles. The molecule has 2 N–H and O–H groups in total. The van der Waals surface area contributed by atoms with Crippen LogP contribution < -0.4 is 10.6 Å². The Kier molecular flexibility index (Phi) is 10.6. The van der Waals surface area contributed by atoms with Crippen LogP contribution in [0, 0.1) is 0 Å². The van der Waals surface area contributed by atoms with Crippen molar-refractivity contribution in [2.24, 2.45) is 0 Å². The average Bonchev–Trinajstić information content (AvgIpc) is 2.91. The van der Waals surface area contributed by atoms with Crippen molar-refractivity contribution in [3.05, 3.63) is 108 Å². The number of carbonyl (C=O) groups excluding carboxylic acids is 3. The smallest absolute Gasteiger partial charge is 0.408 e. The maximum absolute atomic E-state index is 13.4. The van der Waals surface area contributed by atoms with Crippen molar-refractivity contribution in [2.75, 3.05) is 12.3 Å². The highest BCUT2D eigenvalue weighted by Crippen LogP contribution is 2.48. The van der Waals surface area contributed by atoms with E-state index in [4.69, 9.17) is 9.47 Å². The molecule has 0 aliphatic rings. The molecule has 0 fully saturated rings. The van der Waals surface area contributed by atoms with E-state index >= 15 is 0 Å². The van der Waals surface area contributed by atoms with Gasteiger partial charge in [0.1, 0.15) is 23.8 Å². The third-order valence-electron chi connectivity index (χ3n) is 5.84. The number of esters is 1. The zero-order valence-electron chi connectivity index (χ0n) is 24.6. The van der Waals surface area contributed by atoms with Crippen molar-refractivity contribution in [1.82, 2.24) is 10.6 Å². The molecule has 1 atom stereocenters. The number of benzene rings is 3. The highest BCUT2D eigenvalue weighted by molar-refractivity contribution is 8.00. The number of hydrogen-bond acceptors (Lipinski definition) is 6. The minimum absolute atomic E-state index is 0.179. The van der Waals surface area contributed by atoms with Gasteiger partial charge in [0.2, 0.25) is 5.91 Å². The van der Waals surface area contributed by atoms with E-state index in [9.17, 15) is 14.4 Å². The summed E-state index contributed by atoms with van der Waals surface area (Å²) in [7, 11) is 0. The van der Waals surface area contributed by atoms with Crippen LogP contribution in [0.1, 0.15) is 58.2 Å². The van der Waals surface area contributed by atoms with Crippen molar-refractivity contribution in [1.29, 1.82) is 0 Å². The summed E-state index contributed by atoms with van der Waals surface area (Å²) in [5, 5.41) is 5.36. The van der Waals surface area contributed by atoms with Gasteiger partial charge in [-0.2, -0.15) is 0 Å². The fraction of sp³-hybridized carbons (Fsp3) is 0.364. The minimum Gasteiger partial charge on any atom is -0.459 e. The molecule has 0 bridgehead atoms. The molecular weight excluding hydrogens is 536 g/mol. The van der Waals surface area contributed by atoms with Crippen LogP contribution in [0.4, 0.5) is 4.79 Å². The average molecular weight is 577 g/mol. The standard InChI is InChI=1S/C33H40N2O5S/c1-31(2,3)39-28(36)22-34-29(37)27(35-30(38)40-32(4,5)6)23-41-33(24-16-10-7-11-17-24,25-18-12-8-13-19-25)26-20-14-9-15-21-26/h7-21,27H,22-23H2,1-6H3,(H,34,37)(H,35,38)/t27-/m0/s1. The van der Waals surface area contributed by atoms with Gasteiger partial charge < -0.3 is 20.1 Å². The third-order valence-corrected chi connectivity index (χ3v) is 7.48. The van der Waals surface area contributed by atoms with Gasteiger partial charge in [-0.25, -0.2) is 4.79 Å². The number of nitrogens with one attached hydrogen (secondary N) is 2. The van der Waals surface area contributed by atoms with Crippen LogP contribution >= 0.6 is 11.8 Å². The number of thioether (sulfide) groups is 1. The van der Waals surface area contributed by atoms with Crippen LogP contribution in [0.25, 0.3) is 0 Å². The highest BCUT2D eigenvalue weighted by Gasteiger charge is 2.39. The predicted octanol–water partition coefficient (Wildman–Crippen LogP) is 6.06. The first kappa shape index (κ1) is 31.7. The highest BCUT2D eigenvalue weighted by atomic mass is 32.2. The lowest BCUT2D eigenvalue weighted by molar-refractivity contribution is -0.154. The van der Waals surface area contributed by atoms with Gasteiger partial charge in [-0.15, -0.1) is 11.8 Å². The SMILES string of the molecule is CC(C)(C)OC(=O)CNC(=O)[C@H](CSC(c1ccccc1)(c1ccccc1)c1ccccc1)NC(=O)OC(C)(C)C. The van der Waals surface area contributed by atoms with Gasteiger partial charge >= 0.3 is 12.1 Å². The molecule has 8 heteroatoms. The van der Waals surface area contributed by atoms with Crippen LogP contribution in [-0.4, -0.2) is 47.5 Å².